The van der Waals surface area contributed by atoms with Crippen LogP contribution in [0.5, 0.6) is 5.75 Å². The third kappa shape index (κ3) is 4.09. The van der Waals surface area contributed by atoms with Crippen LogP contribution in [-0.2, 0) is 14.3 Å². The van der Waals surface area contributed by atoms with Crippen LogP contribution in [-0.4, -0.2) is 37.2 Å². The number of carbonyl (C=O) groups excluding carboxylic acids is 2. The number of anilines is 1. The van der Waals surface area contributed by atoms with E-state index in [1.807, 2.05) is 30.3 Å². The van der Waals surface area contributed by atoms with Crippen molar-refractivity contribution in [2.45, 2.75) is 19.9 Å². The molecule has 0 bridgehead atoms. The molecule has 1 aromatic heterocycles. The Morgan fingerprint density at radius 2 is 1.84 bits per heavy atom. The fraction of sp³-hybridized carbons (Fsp3) is 0.231. The number of fused-ring (bicyclic) bond motifs is 2. The Kier molecular flexibility index (Phi) is 6.71. The molecule has 0 unspecified atom stereocenters. The first-order valence-electron chi connectivity index (χ1n) is 11.3. The van der Waals surface area contributed by atoms with E-state index in [-0.39, 0.29) is 22.6 Å². The van der Waals surface area contributed by atoms with Crippen molar-refractivity contribution >= 4 is 66.3 Å². The number of carbonyl (C=O) groups is 2. The summed E-state index contributed by atoms with van der Waals surface area (Å²) in [5.74, 6) is -0.357. The van der Waals surface area contributed by atoms with Crippen LogP contribution in [0.1, 0.15) is 31.0 Å². The molecule has 3 aromatic rings. The summed E-state index contributed by atoms with van der Waals surface area (Å²) in [6, 6.07) is 10.0. The lowest BCUT2D eigenvalue weighted by molar-refractivity contribution is -0.139. The zero-order valence-corrected chi connectivity index (χ0v) is 24.3. The number of amides is 1. The number of hydrogen-bond acceptors (Lipinski definition) is 7. The second kappa shape index (κ2) is 9.70. The zero-order chi connectivity index (χ0) is 26.6. The summed E-state index contributed by atoms with van der Waals surface area (Å²) in [6.07, 6.45) is 0. The van der Waals surface area contributed by atoms with Crippen molar-refractivity contribution in [1.29, 1.82) is 0 Å². The molecule has 3 heterocycles. The maximum absolute atomic E-state index is 14.1. The maximum Gasteiger partial charge on any atom is 0.338 e. The summed E-state index contributed by atoms with van der Waals surface area (Å²) in [7, 11) is 3.21. The Morgan fingerprint density at radius 3 is 2.54 bits per heavy atom. The van der Waals surface area contributed by atoms with Crippen LogP contribution in [0, 0.1) is 0 Å². The van der Waals surface area contributed by atoms with Crippen molar-refractivity contribution < 1.29 is 19.1 Å². The molecule has 0 spiro atoms. The molecule has 5 rings (SSSR count). The lowest BCUT2D eigenvalue weighted by Gasteiger charge is -2.26. The second-order valence-electron chi connectivity index (χ2n) is 8.41. The smallest absolute Gasteiger partial charge is 0.338 e. The van der Waals surface area contributed by atoms with Crippen LogP contribution < -0.4 is 24.5 Å². The summed E-state index contributed by atoms with van der Waals surface area (Å²) in [5, 5.41) is 0. The van der Waals surface area contributed by atoms with Gasteiger partial charge in [0.2, 0.25) is 0 Å². The molecule has 0 radical (unpaired) electrons. The van der Waals surface area contributed by atoms with Gasteiger partial charge in [0.25, 0.3) is 11.5 Å². The topological polar surface area (TPSA) is 90.2 Å². The summed E-state index contributed by atoms with van der Waals surface area (Å²) in [4.78, 5) is 47.2. The largest absolute Gasteiger partial charge is 0.496 e. The van der Waals surface area contributed by atoms with Crippen LogP contribution in [0.3, 0.4) is 0 Å². The predicted molar refractivity (Wildman–Crippen MR) is 148 cm³/mol. The first kappa shape index (κ1) is 25.6. The number of likely N-dealkylation sites (N-methyl/N-ethyl adjacent to an activating group) is 1. The van der Waals surface area contributed by atoms with Crippen molar-refractivity contribution in [3.63, 3.8) is 0 Å². The molecule has 0 saturated carbocycles. The summed E-state index contributed by atoms with van der Waals surface area (Å²) < 4.78 is 14.2. The van der Waals surface area contributed by atoms with Gasteiger partial charge in [-0.05, 0) is 50.2 Å². The number of benzene rings is 2. The molecule has 11 heteroatoms. The van der Waals surface area contributed by atoms with Crippen LogP contribution in [0.25, 0.3) is 5.57 Å². The monoisotopic (exact) mass is 645 g/mol. The number of methoxy groups -OCH3 is 1. The number of hydrogen-bond donors (Lipinski definition) is 0. The Morgan fingerprint density at radius 1 is 1.14 bits per heavy atom. The van der Waals surface area contributed by atoms with Crippen LogP contribution in [0.15, 0.2) is 66.4 Å². The van der Waals surface area contributed by atoms with E-state index < -0.39 is 17.6 Å². The van der Waals surface area contributed by atoms with E-state index in [4.69, 9.17) is 9.47 Å². The highest BCUT2D eigenvalue weighted by Gasteiger charge is 2.37. The van der Waals surface area contributed by atoms with Crippen molar-refractivity contribution in [3.8, 4) is 5.75 Å². The number of nitrogens with zero attached hydrogens (tertiary/aromatic N) is 3. The molecule has 0 saturated heterocycles. The third-order valence-electron chi connectivity index (χ3n) is 6.31. The standard InChI is InChI=1S/C26H21Br2N3O5S/c1-5-36-25(34)19-12(2)29-26-31(21(19)16-11-14(28)7-9-18(16)35-4)24(33)22(37-26)20-15-10-13(27)6-8-17(15)30(3)23(20)32/h6-11,21H,5H2,1-4H3/b22-20+/t21-/m0/s1. The SMILES string of the molecule is CCOC(=O)C1=C(C)N=c2s/c(=C3/C(=O)N(C)c4ccc(Br)cc43)c(=O)n2[C@H]1c1cc(Br)ccc1OC. The van der Waals surface area contributed by atoms with Crippen LogP contribution in [0.2, 0.25) is 0 Å². The first-order valence-corrected chi connectivity index (χ1v) is 13.7. The van der Waals surface area contributed by atoms with Gasteiger partial charge in [0.15, 0.2) is 4.80 Å². The molecule has 1 amide bonds. The highest BCUT2D eigenvalue weighted by atomic mass is 79.9. The van der Waals surface area contributed by atoms with Crippen molar-refractivity contribution in [1.82, 2.24) is 4.57 Å². The lowest BCUT2D eigenvalue weighted by atomic mass is 9.95. The Labute approximate surface area is 232 Å². The van der Waals surface area contributed by atoms with E-state index >= 15 is 0 Å². The number of rotatable bonds is 4. The number of thiazole rings is 1. The minimum atomic E-state index is -0.867. The van der Waals surface area contributed by atoms with Gasteiger partial charge in [0, 0.05) is 27.1 Å². The predicted octanol–water partition coefficient (Wildman–Crippen LogP) is 3.68. The van der Waals surface area contributed by atoms with E-state index in [0.29, 0.717) is 38.6 Å². The van der Waals surface area contributed by atoms with Gasteiger partial charge in [-0.3, -0.25) is 14.2 Å². The minimum absolute atomic E-state index is 0.166. The van der Waals surface area contributed by atoms with Gasteiger partial charge in [-0.15, -0.1) is 0 Å². The van der Waals surface area contributed by atoms with E-state index in [1.165, 1.54) is 16.6 Å². The molecule has 0 fully saturated rings. The molecule has 8 nitrogen and oxygen atoms in total. The highest BCUT2D eigenvalue weighted by molar-refractivity contribution is 9.10. The van der Waals surface area contributed by atoms with Crippen LogP contribution >= 0.6 is 43.2 Å². The molecule has 0 aliphatic carbocycles. The van der Waals surface area contributed by atoms with Gasteiger partial charge in [-0.25, -0.2) is 9.79 Å². The van der Waals surface area contributed by atoms with Gasteiger partial charge in [-0.1, -0.05) is 43.2 Å². The van der Waals surface area contributed by atoms with E-state index in [9.17, 15) is 14.4 Å². The summed E-state index contributed by atoms with van der Waals surface area (Å²) in [5.41, 5.74) is 2.51. The molecule has 190 valence electrons. The Hall–Kier alpha value is -3.02. The quantitative estimate of drug-likeness (QED) is 0.404. The fourth-order valence-corrected chi connectivity index (χ4v) is 6.54. The maximum atomic E-state index is 14.1. The normalized spacial score (nSPS) is 17.9. The van der Waals surface area contributed by atoms with Gasteiger partial charge in [-0.2, -0.15) is 0 Å². The number of ether oxygens (including phenoxy) is 2. The van der Waals surface area contributed by atoms with Gasteiger partial charge in [0.1, 0.15) is 16.3 Å². The summed E-state index contributed by atoms with van der Waals surface area (Å²) in [6.45, 7) is 3.60. The Bertz CT molecular complexity index is 1710. The average Bonchev–Trinajstić information content (AvgIpc) is 3.30. The number of halogens is 2. The first-order chi connectivity index (χ1) is 17.7. The van der Waals surface area contributed by atoms with Crippen LogP contribution in [0.4, 0.5) is 5.69 Å². The van der Waals surface area contributed by atoms with Crippen molar-refractivity contribution in [2.75, 3.05) is 25.7 Å². The highest BCUT2D eigenvalue weighted by Crippen LogP contribution is 2.38. The van der Waals surface area contributed by atoms with Gasteiger partial charge in [0.05, 0.1) is 36.2 Å². The zero-order valence-electron chi connectivity index (χ0n) is 20.3. The van der Waals surface area contributed by atoms with E-state index in [1.54, 1.807) is 27.0 Å². The van der Waals surface area contributed by atoms with E-state index in [2.05, 4.69) is 36.9 Å². The van der Waals surface area contributed by atoms with E-state index in [0.717, 1.165) is 20.3 Å². The molecule has 1 atom stereocenters. The lowest BCUT2D eigenvalue weighted by Crippen LogP contribution is -2.41. The molecule has 37 heavy (non-hydrogen) atoms. The average molecular weight is 647 g/mol. The minimum Gasteiger partial charge on any atom is -0.496 e. The van der Waals surface area contributed by atoms with Crippen molar-refractivity contribution in [2.24, 2.45) is 4.99 Å². The fourth-order valence-electron chi connectivity index (χ4n) is 4.67. The number of allylic oxidation sites excluding steroid dienone is 1. The Balaban J connectivity index is 1.88. The molecule has 0 N–H and O–H groups in total. The summed E-state index contributed by atoms with van der Waals surface area (Å²) >= 11 is 8.10. The molecule has 2 aliphatic rings. The number of aromatic nitrogens is 1. The number of esters is 1. The molecular formula is C26H21Br2N3O5S. The van der Waals surface area contributed by atoms with Crippen molar-refractivity contribution in [3.05, 3.63) is 87.4 Å². The molecule has 2 aromatic carbocycles. The molecule has 2 aliphatic heterocycles. The third-order valence-corrected chi connectivity index (χ3v) is 8.35. The second-order valence-corrected chi connectivity index (χ2v) is 11.2. The van der Waals surface area contributed by atoms with Gasteiger partial charge >= 0.3 is 5.97 Å². The van der Waals surface area contributed by atoms with Gasteiger partial charge < -0.3 is 14.4 Å². The molecular weight excluding hydrogens is 626 g/mol.